The van der Waals surface area contributed by atoms with Gasteiger partial charge >= 0.3 is 12.1 Å². The van der Waals surface area contributed by atoms with E-state index in [0.717, 1.165) is 154 Å². The molecule has 0 unspecified atom stereocenters. The molecule has 89 heavy (non-hydrogen) atoms. The summed E-state index contributed by atoms with van der Waals surface area (Å²) in [6.45, 7) is 28.8. The van der Waals surface area contributed by atoms with Crippen molar-refractivity contribution in [2.45, 2.75) is 46.6 Å². The van der Waals surface area contributed by atoms with E-state index in [9.17, 15) is 41.9 Å². The molecule has 494 valence electrons. The highest BCUT2D eigenvalue weighted by Gasteiger charge is 2.38. The number of nitrogens with one attached hydrogen (secondary N) is 9. The molecule has 3 saturated heterocycles. The van der Waals surface area contributed by atoms with Crippen LogP contribution in [0.5, 0.6) is 0 Å². The number of rotatable bonds is 27. The fourth-order valence-electron chi connectivity index (χ4n) is 10.1. The number of carbonyl (C=O) groups excluding carboxylic acids is 6. The van der Waals surface area contributed by atoms with Crippen molar-refractivity contribution in [2.24, 2.45) is 0 Å². The second-order valence-electron chi connectivity index (χ2n) is 22.3. The number of carbonyl (C=O) groups is 7. The largest absolute Gasteiger partial charge is 0.490 e. The van der Waals surface area contributed by atoms with Crippen LogP contribution in [0.1, 0.15) is 68.5 Å². The van der Waals surface area contributed by atoms with Crippen LogP contribution in [0.3, 0.4) is 0 Å². The molecule has 6 rings (SSSR count). The van der Waals surface area contributed by atoms with Gasteiger partial charge in [0.1, 0.15) is 0 Å². The maximum atomic E-state index is 13.3. The minimum Gasteiger partial charge on any atom is -0.475 e. The van der Waals surface area contributed by atoms with Crippen LogP contribution in [-0.2, 0) is 38.8 Å². The Kier molecular flexibility index (Phi) is 33.6. The van der Waals surface area contributed by atoms with Gasteiger partial charge in [-0.15, -0.1) is 0 Å². The van der Waals surface area contributed by atoms with Crippen molar-refractivity contribution in [1.82, 2.24) is 82.2 Å². The molecule has 0 bridgehead atoms. The molecule has 6 amide bonds. The molecular formula is C62H97F3N16O8. The molecule has 3 aliphatic heterocycles. The lowest BCUT2D eigenvalue weighted by atomic mass is 10.1. The molecule has 0 aromatic heterocycles. The fourth-order valence-corrected chi connectivity index (χ4v) is 10.1. The van der Waals surface area contributed by atoms with Crippen LogP contribution >= 0.6 is 0 Å². The normalized spacial score (nSPS) is 16.1. The SMILES string of the molecule is CC(=O)N(CCN(CCN(Cc1ccc(C(=O)NCCN2CCNCCNCC2)cc1)C(C)=O)CCN(Cc1ccc(C(=O)NCCN2CCNCCNCC2)cc1)C(C)=O)Cc1ccc(C(=O)NCCN2CCNCCNCC2)cc1.O=C(O)C(F)(F)F. The minimum absolute atomic E-state index is 0.103. The first-order valence-corrected chi connectivity index (χ1v) is 31.2. The number of hydrogen-bond donors (Lipinski definition) is 10. The van der Waals surface area contributed by atoms with Crippen molar-refractivity contribution < 1.29 is 51.8 Å². The third-order valence-electron chi connectivity index (χ3n) is 15.6. The van der Waals surface area contributed by atoms with Crippen molar-refractivity contribution in [2.75, 3.05) is 196 Å². The zero-order chi connectivity index (χ0) is 64.2. The van der Waals surface area contributed by atoms with Gasteiger partial charge in [-0.1, -0.05) is 36.4 Å². The van der Waals surface area contributed by atoms with Gasteiger partial charge in [0.25, 0.3) is 17.7 Å². The summed E-state index contributed by atoms with van der Waals surface area (Å²) in [5.41, 5.74) is 4.31. The van der Waals surface area contributed by atoms with Crippen molar-refractivity contribution in [1.29, 1.82) is 0 Å². The number of halogens is 3. The van der Waals surface area contributed by atoms with Crippen molar-refractivity contribution in [3.8, 4) is 0 Å². The van der Waals surface area contributed by atoms with Gasteiger partial charge in [-0.05, 0) is 53.1 Å². The lowest BCUT2D eigenvalue weighted by molar-refractivity contribution is -0.192. The van der Waals surface area contributed by atoms with E-state index in [1.54, 1.807) is 71.9 Å². The molecule has 27 heteroatoms. The minimum atomic E-state index is -5.08. The molecule has 24 nitrogen and oxygen atoms in total. The number of benzene rings is 3. The van der Waals surface area contributed by atoms with Crippen molar-refractivity contribution >= 4 is 41.4 Å². The van der Waals surface area contributed by atoms with Gasteiger partial charge in [0, 0.05) is 253 Å². The van der Waals surface area contributed by atoms with Gasteiger partial charge < -0.3 is 67.7 Å². The summed E-state index contributed by atoms with van der Waals surface area (Å²) in [7, 11) is 0. The Morgan fingerprint density at radius 2 is 0.629 bits per heavy atom. The maximum Gasteiger partial charge on any atom is 0.490 e. The molecule has 0 radical (unpaired) electrons. The number of carboxylic acids is 1. The zero-order valence-corrected chi connectivity index (χ0v) is 52.3. The molecule has 0 aliphatic carbocycles. The zero-order valence-electron chi connectivity index (χ0n) is 52.3. The molecule has 0 saturated carbocycles. The summed E-state index contributed by atoms with van der Waals surface area (Å²) in [6, 6.07) is 22.1. The standard InChI is InChI=1S/C60H96N16O6.C2HF3O2/c1-49(77)74(46-52-4-10-55(11-5-52)58(80)67-28-37-70-31-22-61-16-17-62-23-32-70)43-40-73(41-44-75(50(2)78)47-53-6-12-56(13-7-53)59(81)68-29-38-71-33-24-63-18-19-64-25-34-71)42-45-76(51(3)79)48-54-8-14-57(15-9-54)60(82)69-30-39-72-35-26-65-20-21-66-27-36-72;3-2(4,5)1(6)7/h4-15,61-66H,16-48H2,1-3H3,(H,67,80)(H,68,81)(H,69,82);(H,6,7). The Balaban J connectivity index is 0.00000194. The van der Waals surface area contributed by atoms with E-state index in [1.807, 2.05) is 36.4 Å². The van der Waals surface area contributed by atoms with Crippen LogP contribution in [0.4, 0.5) is 13.2 Å². The molecule has 3 heterocycles. The van der Waals surface area contributed by atoms with Gasteiger partial charge in [0.2, 0.25) is 17.7 Å². The van der Waals surface area contributed by atoms with E-state index in [2.05, 4.69) is 67.5 Å². The third kappa shape index (κ3) is 29.7. The van der Waals surface area contributed by atoms with E-state index >= 15 is 0 Å². The summed E-state index contributed by atoms with van der Waals surface area (Å²) in [5, 5.41) is 36.9. The summed E-state index contributed by atoms with van der Waals surface area (Å²) < 4.78 is 31.7. The van der Waals surface area contributed by atoms with E-state index < -0.39 is 12.1 Å². The highest BCUT2D eigenvalue weighted by Crippen LogP contribution is 2.15. The summed E-state index contributed by atoms with van der Waals surface area (Å²) >= 11 is 0. The van der Waals surface area contributed by atoms with Gasteiger partial charge in [0.05, 0.1) is 0 Å². The van der Waals surface area contributed by atoms with Gasteiger partial charge in [-0.25, -0.2) is 4.79 Å². The summed E-state index contributed by atoms with van der Waals surface area (Å²) in [6.07, 6.45) is -5.08. The molecule has 3 aromatic rings. The van der Waals surface area contributed by atoms with E-state index in [4.69, 9.17) is 9.90 Å². The van der Waals surface area contributed by atoms with Crippen molar-refractivity contribution in [3.63, 3.8) is 0 Å². The molecule has 3 aliphatic rings. The first-order chi connectivity index (χ1) is 42.8. The highest BCUT2D eigenvalue weighted by atomic mass is 19.4. The molecule has 3 aromatic carbocycles. The number of amides is 6. The van der Waals surface area contributed by atoms with Crippen LogP contribution in [-0.4, -0.2) is 283 Å². The van der Waals surface area contributed by atoms with E-state index in [0.29, 0.717) is 95.2 Å². The number of aliphatic carboxylic acids is 1. The number of alkyl halides is 3. The first kappa shape index (κ1) is 73.1. The van der Waals surface area contributed by atoms with E-state index in [1.165, 1.54) is 0 Å². The van der Waals surface area contributed by atoms with Crippen LogP contribution in [0.2, 0.25) is 0 Å². The quantitative estimate of drug-likeness (QED) is 0.0471. The number of carboxylic acid groups (broad SMARTS) is 1. The Hall–Kier alpha value is -6.66. The average molecular weight is 1250 g/mol. The first-order valence-electron chi connectivity index (χ1n) is 31.2. The van der Waals surface area contributed by atoms with Crippen LogP contribution in [0, 0.1) is 0 Å². The predicted molar refractivity (Wildman–Crippen MR) is 336 cm³/mol. The smallest absolute Gasteiger partial charge is 0.475 e. The summed E-state index contributed by atoms with van der Waals surface area (Å²) in [5.74, 6) is -3.49. The average Bonchev–Trinajstić information content (AvgIpc) is 4.02. The van der Waals surface area contributed by atoms with Crippen LogP contribution in [0.15, 0.2) is 72.8 Å². The second-order valence-corrected chi connectivity index (χ2v) is 22.3. The van der Waals surface area contributed by atoms with Crippen LogP contribution < -0.4 is 47.9 Å². The number of hydrogen-bond acceptors (Lipinski definition) is 17. The van der Waals surface area contributed by atoms with E-state index in [-0.39, 0.29) is 35.4 Å². The lowest BCUT2D eigenvalue weighted by Crippen LogP contribution is -2.45. The Morgan fingerprint density at radius 3 is 0.831 bits per heavy atom. The second kappa shape index (κ2) is 40.9. The molecule has 0 spiro atoms. The lowest BCUT2D eigenvalue weighted by Gasteiger charge is -2.31. The van der Waals surface area contributed by atoms with Gasteiger partial charge in [-0.2, -0.15) is 13.2 Å². The molecular weight excluding hydrogens is 1150 g/mol. The summed E-state index contributed by atoms with van der Waals surface area (Å²) in [4.78, 5) is 103. The Morgan fingerprint density at radius 1 is 0.404 bits per heavy atom. The number of nitrogens with zero attached hydrogens (tertiary/aromatic N) is 7. The van der Waals surface area contributed by atoms with Crippen molar-refractivity contribution in [3.05, 3.63) is 106 Å². The third-order valence-corrected chi connectivity index (χ3v) is 15.6. The van der Waals surface area contributed by atoms with Gasteiger partial charge in [-0.3, -0.25) is 48.4 Å². The monoisotopic (exact) mass is 1250 g/mol. The van der Waals surface area contributed by atoms with Gasteiger partial charge in [0.15, 0.2) is 0 Å². The Bertz CT molecular complexity index is 2320. The molecule has 0 atom stereocenters. The Labute approximate surface area is 522 Å². The fraction of sp³-hybridized carbons (Fsp3) is 0.597. The highest BCUT2D eigenvalue weighted by molar-refractivity contribution is 5.95. The van der Waals surface area contributed by atoms with Crippen LogP contribution in [0.25, 0.3) is 0 Å². The topological polar surface area (TPSA) is 271 Å². The predicted octanol–water partition coefficient (Wildman–Crippen LogP) is -0.258. The maximum absolute atomic E-state index is 13.3. The molecule has 10 N–H and O–H groups in total. The molecule has 3 fully saturated rings.